The highest BCUT2D eigenvalue weighted by Crippen LogP contribution is 2.36. The Morgan fingerprint density at radius 3 is 2.73 bits per heavy atom. The monoisotopic (exact) mass is 425 g/mol. The van der Waals surface area contributed by atoms with E-state index >= 15 is 4.39 Å². The van der Waals surface area contributed by atoms with Crippen molar-refractivity contribution in [3.05, 3.63) is 76.7 Å². The molecule has 1 atom stereocenters. The highest BCUT2D eigenvalue weighted by molar-refractivity contribution is 6.30. The number of nitrogens with zero attached hydrogens (tertiary/aromatic N) is 2. The van der Waals surface area contributed by atoms with Gasteiger partial charge in [-0.3, -0.25) is 4.79 Å². The van der Waals surface area contributed by atoms with Crippen molar-refractivity contribution in [2.45, 2.75) is 18.9 Å². The molecule has 7 heteroatoms. The second-order valence-corrected chi connectivity index (χ2v) is 7.66. The fourth-order valence-electron chi connectivity index (χ4n) is 3.69. The summed E-state index contributed by atoms with van der Waals surface area (Å²) in [5, 5.41) is 0.527. The van der Waals surface area contributed by atoms with Gasteiger partial charge in [-0.15, -0.1) is 0 Å². The SMILES string of the molecule is COc1ccc(Cc2ccc(N3CC[C@H]3C(N)=O)nc2)c(F)c1-c1cccc(Cl)c1. The smallest absolute Gasteiger partial charge is 0.240 e. The normalized spacial score (nSPS) is 15.6. The molecule has 2 aromatic carbocycles. The van der Waals surface area contributed by atoms with Gasteiger partial charge in [-0.2, -0.15) is 0 Å². The number of halogens is 2. The zero-order valence-electron chi connectivity index (χ0n) is 16.4. The molecule has 1 saturated heterocycles. The molecular formula is C23H21ClFN3O2. The molecule has 1 amide bonds. The van der Waals surface area contributed by atoms with Crippen LogP contribution in [0.2, 0.25) is 5.02 Å². The van der Waals surface area contributed by atoms with E-state index in [0.29, 0.717) is 39.7 Å². The fourth-order valence-corrected chi connectivity index (χ4v) is 3.88. The summed E-state index contributed by atoms with van der Waals surface area (Å²) in [4.78, 5) is 17.7. The Morgan fingerprint density at radius 2 is 2.13 bits per heavy atom. The highest BCUT2D eigenvalue weighted by Gasteiger charge is 2.33. The number of rotatable bonds is 6. The Labute approximate surface area is 179 Å². The van der Waals surface area contributed by atoms with E-state index in [0.717, 1.165) is 18.5 Å². The maximum absolute atomic E-state index is 15.4. The fraction of sp³-hybridized carbons (Fsp3) is 0.217. The van der Waals surface area contributed by atoms with E-state index < -0.39 is 0 Å². The van der Waals surface area contributed by atoms with Crippen molar-refractivity contribution in [2.24, 2.45) is 5.73 Å². The van der Waals surface area contributed by atoms with Gasteiger partial charge in [0.25, 0.3) is 0 Å². The molecule has 2 N–H and O–H groups in total. The number of carbonyl (C=O) groups is 1. The van der Waals surface area contributed by atoms with Crippen LogP contribution in [0.1, 0.15) is 17.5 Å². The van der Waals surface area contributed by atoms with E-state index in [9.17, 15) is 4.79 Å². The van der Waals surface area contributed by atoms with E-state index in [1.165, 1.54) is 7.11 Å². The largest absolute Gasteiger partial charge is 0.496 e. The molecule has 1 fully saturated rings. The van der Waals surface area contributed by atoms with Crippen LogP contribution in [-0.4, -0.2) is 30.6 Å². The van der Waals surface area contributed by atoms with Gasteiger partial charge in [0.15, 0.2) is 0 Å². The molecule has 1 aromatic heterocycles. The number of amides is 1. The lowest BCUT2D eigenvalue weighted by Crippen LogP contribution is -2.55. The summed E-state index contributed by atoms with van der Waals surface area (Å²) < 4.78 is 20.8. The minimum absolute atomic E-state index is 0.303. The molecule has 30 heavy (non-hydrogen) atoms. The summed E-state index contributed by atoms with van der Waals surface area (Å²) in [6, 6.07) is 13.9. The number of hydrogen-bond acceptors (Lipinski definition) is 4. The van der Waals surface area contributed by atoms with Crippen molar-refractivity contribution >= 4 is 23.3 Å². The molecule has 0 unspecified atom stereocenters. The van der Waals surface area contributed by atoms with E-state index in [1.54, 1.807) is 42.6 Å². The lowest BCUT2D eigenvalue weighted by atomic mass is 9.97. The molecule has 154 valence electrons. The molecule has 0 radical (unpaired) electrons. The van der Waals surface area contributed by atoms with Gasteiger partial charge in [0.2, 0.25) is 5.91 Å². The molecule has 0 saturated carbocycles. The standard InChI is InChI=1S/C23H21ClFN3O2/c1-30-19-7-6-16(22(25)21(19)15-3-2-4-17(24)12-15)11-14-5-8-20(27-13-14)28-10-9-18(28)23(26)29/h2-8,12-13,18H,9-11H2,1H3,(H2,26,29)/t18-/m0/s1. The summed E-state index contributed by atoms with van der Waals surface area (Å²) in [5.74, 6) is 0.448. The first-order valence-corrected chi connectivity index (χ1v) is 9.98. The number of benzene rings is 2. The van der Waals surface area contributed by atoms with Crippen molar-refractivity contribution < 1.29 is 13.9 Å². The third-order valence-corrected chi connectivity index (χ3v) is 5.60. The summed E-state index contributed by atoms with van der Waals surface area (Å²) in [7, 11) is 1.51. The van der Waals surface area contributed by atoms with Gasteiger partial charge in [0.05, 0.1) is 12.7 Å². The van der Waals surface area contributed by atoms with Gasteiger partial charge < -0.3 is 15.4 Å². The molecule has 0 bridgehead atoms. The first kappa shape index (κ1) is 20.2. The molecule has 2 heterocycles. The molecule has 0 spiro atoms. The predicted octanol–water partition coefficient (Wildman–Crippen LogP) is 4.20. The number of carbonyl (C=O) groups excluding carboxylic acids is 1. The summed E-state index contributed by atoms with van der Waals surface area (Å²) in [6.07, 6.45) is 2.81. The van der Waals surface area contributed by atoms with Gasteiger partial charge in [-0.1, -0.05) is 35.9 Å². The van der Waals surface area contributed by atoms with Crippen LogP contribution in [0.25, 0.3) is 11.1 Å². The number of pyridine rings is 1. The zero-order valence-corrected chi connectivity index (χ0v) is 17.2. The maximum Gasteiger partial charge on any atom is 0.240 e. The number of nitrogens with two attached hydrogens (primary N) is 1. The summed E-state index contributed by atoms with van der Waals surface area (Å²) in [5.41, 5.74) is 7.82. The molecular weight excluding hydrogens is 405 g/mol. The Hall–Kier alpha value is -3.12. The third-order valence-electron chi connectivity index (χ3n) is 5.36. The van der Waals surface area contributed by atoms with Crippen LogP contribution in [0.3, 0.4) is 0 Å². The zero-order chi connectivity index (χ0) is 21.3. The lowest BCUT2D eigenvalue weighted by Gasteiger charge is -2.39. The van der Waals surface area contributed by atoms with Crippen molar-refractivity contribution in [1.29, 1.82) is 0 Å². The molecule has 1 aliphatic rings. The topological polar surface area (TPSA) is 68.5 Å². The summed E-state index contributed by atoms with van der Waals surface area (Å²) in [6.45, 7) is 0.746. The van der Waals surface area contributed by atoms with Crippen LogP contribution in [0.5, 0.6) is 5.75 Å². The number of primary amides is 1. The Morgan fingerprint density at radius 1 is 1.30 bits per heavy atom. The average molecular weight is 426 g/mol. The van der Waals surface area contributed by atoms with Crippen LogP contribution in [0.15, 0.2) is 54.7 Å². The predicted molar refractivity (Wildman–Crippen MR) is 115 cm³/mol. The Bertz CT molecular complexity index is 1090. The Kier molecular flexibility index (Phi) is 5.59. The van der Waals surface area contributed by atoms with E-state index in [2.05, 4.69) is 4.98 Å². The minimum atomic E-state index is -0.350. The lowest BCUT2D eigenvalue weighted by molar-refractivity contribution is -0.120. The number of hydrogen-bond donors (Lipinski definition) is 1. The molecule has 3 aromatic rings. The van der Waals surface area contributed by atoms with Gasteiger partial charge >= 0.3 is 0 Å². The third kappa shape index (κ3) is 3.83. The van der Waals surface area contributed by atoms with Crippen LogP contribution >= 0.6 is 11.6 Å². The van der Waals surface area contributed by atoms with E-state index in [-0.39, 0.29) is 17.8 Å². The van der Waals surface area contributed by atoms with Crippen molar-refractivity contribution in [1.82, 2.24) is 4.98 Å². The van der Waals surface area contributed by atoms with Gasteiger partial charge in [-0.25, -0.2) is 9.37 Å². The molecule has 4 rings (SSSR count). The maximum atomic E-state index is 15.4. The number of aromatic nitrogens is 1. The van der Waals surface area contributed by atoms with Crippen LogP contribution in [0.4, 0.5) is 10.2 Å². The Balaban J connectivity index is 1.61. The van der Waals surface area contributed by atoms with Gasteiger partial charge in [-0.05, 0) is 47.4 Å². The second kappa shape index (κ2) is 8.32. The van der Waals surface area contributed by atoms with Gasteiger partial charge in [0.1, 0.15) is 23.4 Å². The minimum Gasteiger partial charge on any atom is -0.496 e. The molecule has 0 aliphatic carbocycles. The van der Waals surface area contributed by atoms with Crippen LogP contribution in [-0.2, 0) is 11.2 Å². The van der Waals surface area contributed by atoms with E-state index in [1.807, 2.05) is 17.0 Å². The van der Waals surface area contributed by atoms with Crippen molar-refractivity contribution in [3.8, 4) is 16.9 Å². The van der Waals surface area contributed by atoms with Crippen molar-refractivity contribution in [3.63, 3.8) is 0 Å². The molecule has 1 aliphatic heterocycles. The average Bonchev–Trinajstić information content (AvgIpc) is 2.69. The first-order chi connectivity index (χ1) is 14.5. The number of ether oxygens (including phenoxy) is 1. The first-order valence-electron chi connectivity index (χ1n) is 9.60. The second-order valence-electron chi connectivity index (χ2n) is 7.23. The number of methoxy groups -OCH3 is 1. The van der Waals surface area contributed by atoms with Crippen LogP contribution < -0.4 is 15.4 Å². The van der Waals surface area contributed by atoms with Crippen LogP contribution in [0, 0.1) is 5.82 Å². The van der Waals surface area contributed by atoms with E-state index in [4.69, 9.17) is 22.1 Å². The van der Waals surface area contributed by atoms with Crippen molar-refractivity contribution in [2.75, 3.05) is 18.6 Å². The highest BCUT2D eigenvalue weighted by atomic mass is 35.5. The molecule has 5 nitrogen and oxygen atoms in total. The quantitative estimate of drug-likeness (QED) is 0.642. The number of anilines is 1. The summed E-state index contributed by atoms with van der Waals surface area (Å²) >= 11 is 6.09. The van der Waals surface area contributed by atoms with Gasteiger partial charge in [0, 0.05) is 24.2 Å².